The molecule has 0 amide bonds. The van der Waals surface area contributed by atoms with Crippen molar-refractivity contribution in [3.8, 4) is 0 Å². The Morgan fingerprint density at radius 2 is 2.13 bits per heavy atom. The lowest BCUT2D eigenvalue weighted by Crippen LogP contribution is -2.05. The molecule has 0 aliphatic rings. The van der Waals surface area contributed by atoms with Gasteiger partial charge in [-0.3, -0.25) is 4.79 Å². The lowest BCUT2D eigenvalue weighted by molar-refractivity contribution is -0.143. The minimum atomic E-state index is -0.155. The van der Waals surface area contributed by atoms with Crippen LogP contribution >= 0.6 is 23.1 Å². The predicted molar refractivity (Wildman–Crippen MR) is 95.7 cm³/mol. The van der Waals surface area contributed by atoms with Crippen molar-refractivity contribution in [1.29, 1.82) is 0 Å². The van der Waals surface area contributed by atoms with Crippen LogP contribution in [0.2, 0.25) is 0 Å². The molecule has 1 N–H and O–H groups in total. The van der Waals surface area contributed by atoms with Crippen molar-refractivity contribution in [2.75, 3.05) is 17.7 Å². The van der Waals surface area contributed by atoms with Crippen LogP contribution in [0.25, 0.3) is 0 Å². The zero-order valence-electron chi connectivity index (χ0n) is 13.6. The molecule has 0 aliphatic heterocycles. The monoisotopic (exact) mass is 351 g/mol. The summed E-state index contributed by atoms with van der Waals surface area (Å²) in [6, 6.07) is 6.20. The van der Waals surface area contributed by atoms with Gasteiger partial charge in [0.25, 0.3) is 0 Å². The Kier molecular flexibility index (Phi) is 6.85. The lowest BCUT2D eigenvalue weighted by atomic mass is 10.1. The molecule has 0 atom stereocenters. The van der Waals surface area contributed by atoms with Crippen molar-refractivity contribution in [3.63, 3.8) is 0 Å². The topological polar surface area (TPSA) is 64.1 Å². The molecule has 23 heavy (non-hydrogen) atoms. The number of rotatable bonds is 8. The van der Waals surface area contributed by atoms with Crippen molar-refractivity contribution < 1.29 is 9.53 Å². The number of aryl methyl sites for hydroxylation is 2. The van der Waals surface area contributed by atoms with E-state index < -0.39 is 0 Å². The van der Waals surface area contributed by atoms with Crippen molar-refractivity contribution in [1.82, 2.24) is 10.2 Å². The average molecular weight is 351 g/mol. The highest BCUT2D eigenvalue weighted by atomic mass is 32.2. The first-order chi connectivity index (χ1) is 11.1. The number of anilines is 2. The normalized spacial score (nSPS) is 10.6. The summed E-state index contributed by atoms with van der Waals surface area (Å²) in [4.78, 5) is 11.4. The van der Waals surface area contributed by atoms with Gasteiger partial charge in [0.15, 0.2) is 4.34 Å². The van der Waals surface area contributed by atoms with Gasteiger partial charge in [0.2, 0.25) is 5.13 Å². The van der Waals surface area contributed by atoms with Crippen LogP contribution in [0.15, 0.2) is 22.5 Å². The first kappa shape index (κ1) is 17.7. The second kappa shape index (κ2) is 8.88. The Balaban J connectivity index is 1.81. The van der Waals surface area contributed by atoms with Gasteiger partial charge in [-0.15, -0.1) is 10.2 Å². The summed E-state index contributed by atoms with van der Waals surface area (Å²) < 4.78 is 5.88. The predicted octanol–water partition coefficient (Wildman–Crippen LogP) is 4.33. The summed E-state index contributed by atoms with van der Waals surface area (Å²) in [5.41, 5.74) is 3.50. The first-order valence-electron chi connectivity index (χ1n) is 7.54. The molecule has 7 heteroatoms. The number of benzene rings is 1. The lowest BCUT2D eigenvalue weighted by Gasteiger charge is -2.05. The summed E-state index contributed by atoms with van der Waals surface area (Å²) in [5.74, 6) is 0.498. The fraction of sp³-hybridized carbons (Fsp3) is 0.438. The van der Waals surface area contributed by atoms with Crippen LogP contribution in [-0.2, 0) is 9.53 Å². The summed E-state index contributed by atoms with van der Waals surface area (Å²) in [7, 11) is 0. The van der Waals surface area contributed by atoms with Gasteiger partial charge in [0.1, 0.15) is 0 Å². The molecule has 5 nitrogen and oxygen atoms in total. The third-order valence-electron chi connectivity index (χ3n) is 3.16. The minimum absolute atomic E-state index is 0.155. The third kappa shape index (κ3) is 5.84. The van der Waals surface area contributed by atoms with E-state index in [2.05, 4.69) is 41.5 Å². The number of hydrogen-bond acceptors (Lipinski definition) is 7. The number of nitrogens with zero attached hydrogens (tertiary/aromatic N) is 2. The van der Waals surface area contributed by atoms with Gasteiger partial charge < -0.3 is 10.1 Å². The van der Waals surface area contributed by atoms with Crippen LogP contribution < -0.4 is 5.32 Å². The molecule has 2 rings (SSSR count). The molecule has 1 aromatic heterocycles. The van der Waals surface area contributed by atoms with Crippen LogP contribution in [0.4, 0.5) is 10.8 Å². The van der Waals surface area contributed by atoms with Crippen LogP contribution in [-0.4, -0.2) is 28.5 Å². The fourth-order valence-corrected chi connectivity index (χ4v) is 3.53. The van der Waals surface area contributed by atoms with Crippen molar-refractivity contribution in [2.45, 2.75) is 38.0 Å². The molecule has 0 fully saturated rings. The van der Waals surface area contributed by atoms with E-state index in [1.807, 2.05) is 13.0 Å². The van der Waals surface area contributed by atoms with Gasteiger partial charge in [-0.1, -0.05) is 36.1 Å². The molecule has 1 heterocycles. The number of hydrogen-bond donors (Lipinski definition) is 1. The molecular formula is C16H21N3O2S2. The average Bonchev–Trinajstić information content (AvgIpc) is 2.96. The molecule has 0 bridgehead atoms. The van der Waals surface area contributed by atoms with Crippen molar-refractivity contribution in [3.05, 3.63) is 29.3 Å². The Morgan fingerprint density at radius 3 is 2.87 bits per heavy atom. The van der Waals surface area contributed by atoms with E-state index >= 15 is 0 Å². The Hall–Kier alpha value is -1.60. The maximum Gasteiger partial charge on any atom is 0.306 e. The molecule has 0 saturated carbocycles. The second-order valence-corrected chi connectivity index (χ2v) is 7.44. The van der Waals surface area contributed by atoms with E-state index in [4.69, 9.17) is 4.74 Å². The summed E-state index contributed by atoms with van der Waals surface area (Å²) in [5, 5.41) is 12.3. The smallest absolute Gasteiger partial charge is 0.306 e. The standard InChI is InChI=1S/C16H21N3O2S2/c1-4-8-21-14(20)7-9-22-16-19-18-15(23-16)17-13-6-5-11(2)12(3)10-13/h5-6,10H,4,7-9H2,1-3H3,(H,17,18). The largest absolute Gasteiger partial charge is 0.466 e. The van der Waals surface area contributed by atoms with Gasteiger partial charge >= 0.3 is 5.97 Å². The highest BCUT2D eigenvalue weighted by Gasteiger charge is 2.08. The SMILES string of the molecule is CCCOC(=O)CCSc1nnc(Nc2ccc(C)c(C)c2)s1. The van der Waals surface area contributed by atoms with E-state index in [0.717, 1.165) is 21.6 Å². The van der Waals surface area contributed by atoms with Crippen LogP contribution in [0.1, 0.15) is 30.9 Å². The molecule has 2 aromatic rings. The molecule has 0 aliphatic carbocycles. The van der Waals surface area contributed by atoms with Crippen LogP contribution in [0.3, 0.4) is 0 Å². The summed E-state index contributed by atoms with van der Waals surface area (Å²) in [6.45, 7) is 6.64. The number of nitrogens with one attached hydrogen (secondary N) is 1. The van der Waals surface area contributed by atoms with Crippen LogP contribution in [0.5, 0.6) is 0 Å². The van der Waals surface area contributed by atoms with Gasteiger partial charge in [0, 0.05) is 11.4 Å². The Labute approximate surface area is 144 Å². The minimum Gasteiger partial charge on any atom is -0.466 e. The molecule has 0 spiro atoms. The number of carbonyl (C=O) groups is 1. The van der Waals surface area contributed by atoms with Gasteiger partial charge in [-0.2, -0.15) is 0 Å². The highest BCUT2D eigenvalue weighted by molar-refractivity contribution is 8.01. The summed E-state index contributed by atoms with van der Waals surface area (Å²) in [6.07, 6.45) is 1.24. The maximum absolute atomic E-state index is 11.4. The van der Waals surface area contributed by atoms with E-state index in [-0.39, 0.29) is 5.97 Å². The molecular weight excluding hydrogens is 330 g/mol. The van der Waals surface area contributed by atoms with Gasteiger partial charge in [-0.05, 0) is 43.5 Å². The number of thioether (sulfide) groups is 1. The molecule has 124 valence electrons. The number of carbonyl (C=O) groups excluding carboxylic acids is 1. The van der Waals surface area contributed by atoms with Gasteiger partial charge in [-0.25, -0.2) is 0 Å². The van der Waals surface area contributed by atoms with E-state index in [0.29, 0.717) is 18.8 Å². The molecule has 0 radical (unpaired) electrons. The third-order valence-corrected chi connectivity index (χ3v) is 5.14. The molecule has 0 saturated heterocycles. The second-order valence-electron chi connectivity index (χ2n) is 5.12. The number of ether oxygens (including phenoxy) is 1. The zero-order valence-corrected chi connectivity index (χ0v) is 15.2. The van der Waals surface area contributed by atoms with E-state index in [1.54, 1.807) is 0 Å². The first-order valence-corrected chi connectivity index (χ1v) is 9.35. The van der Waals surface area contributed by atoms with Crippen LogP contribution in [0, 0.1) is 13.8 Å². The quantitative estimate of drug-likeness (QED) is 0.564. The van der Waals surface area contributed by atoms with Crippen molar-refractivity contribution in [2.24, 2.45) is 0 Å². The molecule has 0 unspecified atom stereocenters. The maximum atomic E-state index is 11.4. The van der Waals surface area contributed by atoms with Gasteiger partial charge in [0.05, 0.1) is 13.0 Å². The fourth-order valence-electron chi connectivity index (χ4n) is 1.77. The van der Waals surface area contributed by atoms with E-state index in [9.17, 15) is 4.79 Å². The number of esters is 1. The summed E-state index contributed by atoms with van der Waals surface area (Å²) >= 11 is 3.01. The van der Waals surface area contributed by atoms with E-state index in [1.165, 1.54) is 34.2 Å². The zero-order chi connectivity index (χ0) is 16.7. The Bertz CT molecular complexity index is 659. The molecule has 1 aromatic carbocycles. The number of aromatic nitrogens is 2. The Morgan fingerprint density at radius 1 is 1.30 bits per heavy atom. The van der Waals surface area contributed by atoms with Crippen molar-refractivity contribution >= 4 is 39.9 Å². The highest BCUT2D eigenvalue weighted by Crippen LogP contribution is 2.28.